The Morgan fingerprint density at radius 3 is 2.12 bits per heavy atom. The monoisotopic (exact) mass is 487 g/mol. The van der Waals surface area contributed by atoms with Crippen molar-refractivity contribution in [1.29, 1.82) is 0 Å². The molecule has 180 valence electrons. The third-order valence-corrected chi connectivity index (χ3v) is 6.65. The molecule has 0 heterocycles. The van der Waals surface area contributed by atoms with Gasteiger partial charge in [-0.05, 0) is 43.2 Å². The minimum atomic E-state index is -4.65. The Morgan fingerprint density at radius 2 is 1.61 bits per heavy atom. The Balaban J connectivity index is 2.14. The van der Waals surface area contributed by atoms with Crippen molar-refractivity contribution in [3.05, 3.63) is 70.8 Å². The number of aliphatic carboxylic acids is 1. The van der Waals surface area contributed by atoms with Gasteiger partial charge < -0.3 is 19.5 Å². The van der Waals surface area contributed by atoms with Crippen LogP contribution < -0.4 is 5.32 Å². The van der Waals surface area contributed by atoms with Gasteiger partial charge in [0.2, 0.25) is 0 Å². The summed E-state index contributed by atoms with van der Waals surface area (Å²) in [7, 11) is -3.34. The Labute approximate surface area is 189 Å². The van der Waals surface area contributed by atoms with Crippen LogP contribution in [0.2, 0.25) is 0 Å². The number of nitrogens with one attached hydrogen (secondary N) is 1. The first kappa shape index (κ1) is 26.6. The maximum Gasteiger partial charge on any atom is 0.416 e. The lowest BCUT2D eigenvalue weighted by Crippen LogP contribution is -2.42. The number of halogens is 3. The van der Waals surface area contributed by atoms with Gasteiger partial charge in [0.05, 0.1) is 24.9 Å². The van der Waals surface area contributed by atoms with E-state index in [4.69, 9.17) is 9.05 Å². The van der Waals surface area contributed by atoms with Crippen LogP contribution in [0.4, 0.5) is 13.2 Å². The van der Waals surface area contributed by atoms with E-state index in [1.807, 2.05) is 0 Å². The summed E-state index contributed by atoms with van der Waals surface area (Å²) in [5, 5.41) is 11.7. The highest BCUT2D eigenvalue weighted by Gasteiger charge is 2.34. The van der Waals surface area contributed by atoms with E-state index in [2.05, 4.69) is 5.32 Å². The molecule has 0 bridgehead atoms. The zero-order valence-corrected chi connectivity index (χ0v) is 19.0. The molecule has 1 amide bonds. The van der Waals surface area contributed by atoms with Crippen LogP contribution >= 0.6 is 7.60 Å². The van der Waals surface area contributed by atoms with Crippen LogP contribution in [0.5, 0.6) is 0 Å². The quantitative estimate of drug-likeness (QED) is 0.438. The van der Waals surface area contributed by atoms with Gasteiger partial charge in [0.1, 0.15) is 6.04 Å². The highest BCUT2D eigenvalue weighted by atomic mass is 31.2. The van der Waals surface area contributed by atoms with Crippen molar-refractivity contribution >= 4 is 19.5 Å². The summed E-state index contributed by atoms with van der Waals surface area (Å²) in [4.78, 5) is 24.1. The van der Waals surface area contributed by atoms with E-state index in [1.165, 1.54) is 42.5 Å². The van der Waals surface area contributed by atoms with Gasteiger partial charge in [-0.2, -0.15) is 13.2 Å². The van der Waals surface area contributed by atoms with Crippen molar-refractivity contribution in [2.24, 2.45) is 0 Å². The molecular weight excluding hydrogens is 462 g/mol. The highest BCUT2D eigenvalue weighted by Crippen LogP contribution is 2.51. The summed E-state index contributed by atoms with van der Waals surface area (Å²) >= 11 is 0. The first-order valence-corrected chi connectivity index (χ1v) is 11.9. The molecule has 0 aliphatic carbocycles. The van der Waals surface area contributed by atoms with Crippen molar-refractivity contribution in [2.45, 2.75) is 38.6 Å². The standard InChI is InChI=1S/C22H25F3NO6P/c1-3-31-33(30,32-4-2)14-15-9-11-16(12-10-15)20(27)26-19(21(28)29)13-17-7-5-6-8-18(17)22(23,24)25/h5-12,19H,3-4,13-14H2,1-2H3,(H,26,27)(H,28,29)/t19-/m0/s1. The highest BCUT2D eigenvalue weighted by molar-refractivity contribution is 7.53. The predicted octanol–water partition coefficient (Wildman–Crippen LogP) is 4.90. The summed E-state index contributed by atoms with van der Waals surface area (Å²) in [6, 6.07) is 8.88. The van der Waals surface area contributed by atoms with Crippen LogP contribution in [0, 0.1) is 0 Å². The van der Waals surface area contributed by atoms with Gasteiger partial charge >= 0.3 is 19.7 Å². The van der Waals surface area contributed by atoms with E-state index in [1.54, 1.807) is 13.8 Å². The summed E-state index contributed by atoms with van der Waals surface area (Å²) < 4.78 is 62.7. The maximum atomic E-state index is 13.2. The number of benzene rings is 2. The van der Waals surface area contributed by atoms with Crippen LogP contribution in [0.1, 0.15) is 40.9 Å². The molecule has 0 saturated carbocycles. The van der Waals surface area contributed by atoms with Gasteiger partial charge in [0.25, 0.3) is 5.91 Å². The molecule has 2 aromatic carbocycles. The fourth-order valence-corrected chi connectivity index (χ4v) is 4.85. The Hall–Kier alpha value is -2.68. The SMILES string of the molecule is CCOP(=O)(Cc1ccc(C(=O)N[C@@H](Cc2ccccc2C(F)(F)F)C(=O)O)cc1)OCC. The van der Waals surface area contributed by atoms with Crippen LogP contribution in [0.3, 0.4) is 0 Å². The van der Waals surface area contributed by atoms with E-state index in [9.17, 15) is 32.4 Å². The first-order chi connectivity index (χ1) is 15.5. The molecule has 0 aliphatic rings. The Morgan fingerprint density at radius 1 is 1.03 bits per heavy atom. The summed E-state index contributed by atoms with van der Waals surface area (Å²) in [5.41, 5.74) is -0.527. The van der Waals surface area contributed by atoms with E-state index in [-0.39, 0.29) is 30.5 Å². The van der Waals surface area contributed by atoms with Gasteiger partial charge in [-0.1, -0.05) is 30.3 Å². The molecule has 7 nitrogen and oxygen atoms in total. The third-order valence-electron chi connectivity index (χ3n) is 4.59. The van der Waals surface area contributed by atoms with Crippen LogP contribution in [-0.4, -0.2) is 36.2 Å². The lowest BCUT2D eigenvalue weighted by Gasteiger charge is -2.18. The second-order valence-electron chi connectivity index (χ2n) is 7.02. The van der Waals surface area contributed by atoms with Crippen molar-refractivity contribution in [3.8, 4) is 0 Å². The molecule has 11 heteroatoms. The number of rotatable bonds is 11. The number of carboxylic acids is 1. The van der Waals surface area contributed by atoms with Gasteiger partial charge in [0, 0.05) is 12.0 Å². The molecule has 0 aromatic heterocycles. The van der Waals surface area contributed by atoms with Crippen LogP contribution in [0.25, 0.3) is 0 Å². The minimum absolute atomic E-state index is 0.0114. The topological polar surface area (TPSA) is 102 Å². The number of amides is 1. The van der Waals surface area contributed by atoms with Crippen molar-refractivity contribution < 1.29 is 41.5 Å². The second kappa shape index (κ2) is 11.4. The fourth-order valence-electron chi connectivity index (χ4n) is 3.14. The molecular formula is C22H25F3NO6P. The van der Waals surface area contributed by atoms with Crippen molar-refractivity contribution in [3.63, 3.8) is 0 Å². The van der Waals surface area contributed by atoms with E-state index in [0.29, 0.717) is 5.56 Å². The molecule has 0 spiro atoms. The van der Waals surface area contributed by atoms with Crippen molar-refractivity contribution in [1.82, 2.24) is 5.32 Å². The van der Waals surface area contributed by atoms with E-state index >= 15 is 0 Å². The lowest BCUT2D eigenvalue weighted by molar-refractivity contribution is -0.141. The Bertz CT molecular complexity index is 1000. The lowest BCUT2D eigenvalue weighted by atomic mass is 9.99. The normalized spacial score (nSPS) is 12.9. The summed E-state index contributed by atoms with van der Waals surface area (Å²) in [5.74, 6) is -2.23. The van der Waals surface area contributed by atoms with Crippen molar-refractivity contribution in [2.75, 3.05) is 13.2 Å². The molecule has 0 radical (unpaired) electrons. The van der Waals surface area contributed by atoms with Crippen LogP contribution in [0.15, 0.2) is 48.5 Å². The predicted molar refractivity (Wildman–Crippen MR) is 115 cm³/mol. The molecule has 33 heavy (non-hydrogen) atoms. The zero-order chi connectivity index (χ0) is 24.6. The number of carboxylic acid groups (broad SMARTS) is 1. The Kier molecular flexibility index (Phi) is 9.22. The molecule has 2 N–H and O–H groups in total. The molecule has 0 unspecified atom stereocenters. The molecule has 2 aromatic rings. The zero-order valence-electron chi connectivity index (χ0n) is 18.1. The summed E-state index contributed by atoms with van der Waals surface area (Å²) in [6.45, 7) is 3.77. The van der Waals surface area contributed by atoms with Gasteiger partial charge in [-0.25, -0.2) is 4.79 Å². The molecule has 0 saturated heterocycles. The smallest absolute Gasteiger partial charge is 0.416 e. The molecule has 0 fully saturated rings. The average Bonchev–Trinajstić information content (AvgIpc) is 2.73. The number of carbonyl (C=O) groups excluding carboxylic acids is 1. The molecule has 1 atom stereocenters. The number of hydrogen-bond donors (Lipinski definition) is 2. The van der Waals surface area contributed by atoms with E-state index < -0.39 is 43.7 Å². The van der Waals surface area contributed by atoms with Gasteiger partial charge in [-0.15, -0.1) is 0 Å². The maximum absolute atomic E-state index is 13.2. The molecule has 2 rings (SSSR count). The minimum Gasteiger partial charge on any atom is -0.480 e. The number of hydrogen-bond acceptors (Lipinski definition) is 5. The third kappa shape index (κ3) is 7.70. The van der Waals surface area contributed by atoms with Gasteiger partial charge in [0.15, 0.2) is 0 Å². The fraction of sp³-hybridized carbons (Fsp3) is 0.364. The first-order valence-electron chi connectivity index (χ1n) is 10.1. The second-order valence-corrected chi connectivity index (χ2v) is 9.08. The number of carbonyl (C=O) groups is 2. The van der Waals surface area contributed by atoms with E-state index in [0.717, 1.165) is 6.07 Å². The van der Waals surface area contributed by atoms with Crippen LogP contribution in [-0.2, 0) is 37.2 Å². The average molecular weight is 487 g/mol. The number of alkyl halides is 3. The summed E-state index contributed by atoms with van der Waals surface area (Å²) in [6.07, 6.45) is -5.20. The molecule has 0 aliphatic heterocycles. The largest absolute Gasteiger partial charge is 0.480 e. The van der Waals surface area contributed by atoms with Gasteiger partial charge in [-0.3, -0.25) is 9.36 Å².